The van der Waals surface area contributed by atoms with E-state index >= 15 is 0 Å². The van der Waals surface area contributed by atoms with E-state index in [-0.39, 0.29) is 5.91 Å². The van der Waals surface area contributed by atoms with Gasteiger partial charge in [-0.05, 0) is 25.7 Å². The molecule has 0 aliphatic heterocycles. The topological polar surface area (TPSA) is 57.3 Å². The van der Waals surface area contributed by atoms with Gasteiger partial charge in [0.15, 0.2) is 6.54 Å². The highest BCUT2D eigenvalue weighted by Crippen LogP contribution is 2.28. The van der Waals surface area contributed by atoms with Crippen LogP contribution >= 0.6 is 0 Å². The lowest BCUT2D eigenvalue weighted by Gasteiger charge is -2.23. The van der Waals surface area contributed by atoms with E-state index in [2.05, 4.69) is 23.5 Å². The van der Waals surface area contributed by atoms with Gasteiger partial charge in [-0.15, -0.1) is 0 Å². The van der Waals surface area contributed by atoms with Crippen LogP contribution in [0.3, 0.4) is 0 Å². The van der Waals surface area contributed by atoms with Gasteiger partial charge in [0.1, 0.15) is 12.1 Å². The van der Waals surface area contributed by atoms with Crippen LogP contribution in [0.15, 0.2) is 30.3 Å². The summed E-state index contributed by atoms with van der Waals surface area (Å²) in [6, 6.07) is 12.4. The predicted molar refractivity (Wildman–Crippen MR) is 76.9 cm³/mol. The van der Waals surface area contributed by atoms with Gasteiger partial charge >= 0.3 is 0 Å². The molecule has 4 nitrogen and oxygen atoms in total. The predicted octanol–water partition coefficient (Wildman–Crippen LogP) is 0.654. The summed E-state index contributed by atoms with van der Waals surface area (Å²) in [6.45, 7) is 1.21. The minimum absolute atomic E-state index is 0.0260. The third kappa shape index (κ3) is 3.82. The number of hydrogen-bond donors (Lipinski definition) is 2. The molecule has 106 valence electrons. The molecule has 0 saturated heterocycles. The number of hydrogen-bond acceptors (Lipinski definition) is 2. The fraction of sp³-hybridized carbons (Fsp3) is 0.500. The van der Waals surface area contributed by atoms with Gasteiger partial charge in [0.2, 0.25) is 0 Å². The summed E-state index contributed by atoms with van der Waals surface area (Å²) in [5, 5.41) is 12.2. The van der Waals surface area contributed by atoms with Crippen LogP contribution < -0.4 is 10.2 Å². The molecule has 1 aromatic rings. The second kappa shape index (κ2) is 6.53. The number of nitrogens with zero attached hydrogens (tertiary/aromatic N) is 1. The molecular weight excluding hydrogens is 250 g/mol. The Morgan fingerprint density at radius 1 is 1.35 bits per heavy atom. The van der Waals surface area contributed by atoms with Crippen LogP contribution in [0.5, 0.6) is 0 Å². The van der Waals surface area contributed by atoms with Crippen molar-refractivity contribution in [2.24, 2.45) is 0 Å². The zero-order valence-corrected chi connectivity index (χ0v) is 12.0. The molecule has 0 bridgehead atoms. The van der Waals surface area contributed by atoms with Crippen molar-refractivity contribution in [3.8, 4) is 6.07 Å². The molecule has 1 atom stereocenters. The van der Waals surface area contributed by atoms with Gasteiger partial charge < -0.3 is 10.2 Å². The van der Waals surface area contributed by atoms with Crippen molar-refractivity contribution in [3.63, 3.8) is 0 Å². The van der Waals surface area contributed by atoms with Crippen molar-refractivity contribution in [2.45, 2.75) is 37.8 Å². The molecule has 1 fully saturated rings. The lowest BCUT2D eigenvalue weighted by molar-refractivity contribution is -0.885. The molecule has 0 heterocycles. The first-order valence-electron chi connectivity index (χ1n) is 7.21. The molecule has 1 saturated carbocycles. The van der Waals surface area contributed by atoms with E-state index in [0.717, 1.165) is 37.1 Å². The standard InChI is InChI=1S/C16H21N3O/c1-19(11-14-7-3-2-4-8-14)12-15(20)18-16(13-17)9-5-6-10-16/h2-4,7-8H,5-6,9-12H2,1H3,(H,18,20)/p+1. The maximum absolute atomic E-state index is 12.1. The van der Waals surface area contributed by atoms with Crippen molar-refractivity contribution >= 4 is 5.91 Å². The average Bonchev–Trinajstić information content (AvgIpc) is 2.88. The summed E-state index contributed by atoms with van der Waals surface area (Å²) in [6.07, 6.45) is 3.63. The van der Waals surface area contributed by atoms with E-state index in [0.29, 0.717) is 6.54 Å². The van der Waals surface area contributed by atoms with E-state index < -0.39 is 5.54 Å². The number of likely N-dealkylation sites (N-methyl/N-ethyl adjacent to an activating group) is 1. The van der Waals surface area contributed by atoms with E-state index in [9.17, 15) is 10.1 Å². The lowest BCUT2D eigenvalue weighted by Crippen LogP contribution is -3.09. The van der Waals surface area contributed by atoms with Gasteiger partial charge in [-0.3, -0.25) is 4.79 Å². The summed E-state index contributed by atoms with van der Waals surface area (Å²) < 4.78 is 0. The molecule has 1 aliphatic rings. The summed E-state index contributed by atoms with van der Waals surface area (Å²) in [5.41, 5.74) is 0.609. The first-order chi connectivity index (χ1) is 9.63. The Bertz CT molecular complexity index is 486. The van der Waals surface area contributed by atoms with Gasteiger partial charge in [-0.25, -0.2) is 0 Å². The minimum Gasteiger partial charge on any atom is -0.333 e. The van der Waals surface area contributed by atoms with E-state index in [4.69, 9.17) is 0 Å². The molecule has 2 N–H and O–H groups in total. The molecule has 1 aliphatic carbocycles. The van der Waals surface area contributed by atoms with Gasteiger partial charge in [0, 0.05) is 5.56 Å². The van der Waals surface area contributed by atoms with E-state index in [1.165, 1.54) is 5.56 Å². The highest BCUT2D eigenvalue weighted by Gasteiger charge is 2.35. The number of carbonyl (C=O) groups excluding carboxylic acids is 1. The Morgan fingerprint density at radius 3 is 2.60 bits per heavy atom. The van der Waals surface area contributed by atoms with Gasteiger partial charge in [-0.2, -0.15) is 5.26 Å². The molecule has 20 heavy (non-hydrogen) atoms. The fourth-order valence-corrected chi connectivity index (χ4v) is 2.84. The fourth-order valence-electron chi connectivity index (χ4n) is 2.84. The monoisotopic (exact) mass is 272 g/mol. The quantitative estimate of drug-likeness (QED) is 0.827. The van der Waals surface area contributed by atoms with Crippen molar-refractivity contribution in [1.29, 1.82) is 5.26 Å². The van der Waals surface area contributed by atoms with E-state index in [1.807, 2.05) is 25.2 Å². The van der Waals surface area contributed by atoms with E-state index in [1.54, 1.807) is 0 Å². The molecule has 2 rings (SSSR count). The minimum atomic E-state index is -0.607. The average molecular weight is 272 g/mol. The van der Waals surface area contributed by atoms with Crippen LogP contribution in [0.1, 0.15) is 31.2 Å². The molecule has 0 spiro atoms. The molecule has 0 aromatic heterocycles. The van der Waals surface area contributed by atoms with Crippen molar-refractivity contribution < 1.29 is 9.69 Å². The second-order valence-electron chi connectivity index (χ2n) is 5.75. The van der Waals surface area contributed by atoms with Crippen molar-refractivity contribution in [3.05, 3.63) is 35.9 Å². The number of quaternary nitrogens is 1. The highest BCUT2D eigenvalue weighted by molar-refractivity contribution is 5.78. The summed E-state index contributed by atoms with van der Waals surface area (Å²) in [5.74, 6) is -0.0260. The summed E-state index contributed by atoms with van der Waals surface area (Å²) >= 11 is 0. The normalized spacial score (nSPS) is 18.2. The first kappa shape index (κ1) is 14.5. The van der Waals surface area contributed by atoms with Gasteiger partial charge in [-0.1, -0.05) is 30.3 Å². The van der Waals surface area contributed by atoms with Crippen molar-refractivity contribution in [1.82, 2.24) is 5.32 Å². The SMILES string of the molecule is C[NH+](CC(=O)NC1(C#N)CCCC1)Cc1ccccc1. The number of nitriles is 1. The lowest BCUT2D eigenvalue weighted by atomic mass is 10.00. The van der Waals surface area contributed by atoms with Crippen LogP contribution in [-0.2, 0) is 11.3 Å². The number of amides is 1. The maximum atomic E-state index is 12.1. The smallest absolute Gasteiger partial charge is 0.276 e. The third-order valence-electron chi connectivity index (χ3n) is 3.86. The highest BCUT2D eigenvalue weighted by atomic mass is 16.2. The first-order valence-corrected chi connectivity index (χ1v) is 7.21. The van der Waals surface area contributed by atoms with Crippen LogP contribution in [0.25, 0.3) is 0 Å². The van der Waals surface area contributed by atoms with Gasteiger partial charge in [0.25, 0.3) is 5.91 Å². The zero-order chi connectivity index (χ0) is 14.4. The number of carbonyl (C=O) groups is 1. The molecule has 1 aromatic carbocycles. The largest absolute Gasteiger partial charge is 0.333 e. The number of rotatable bonds is 5. The maximum Gasteiger partial charge on any atom is 0.276 e. The third-order valence-corrected chi connectivity index (χ3v) is 3.86. The summed E-state index contributed by atoms with van der Waals surface area (Å²) in [4.78, 5) is 13.2. The molecule has 0 radical (unpaired) electrons. The zero-order valence-electron chi connectivity index (χ0n) is 12.0. The Hall–Kier alpha value is -1.86. The Balaban J connectivity index is 1.84. The van der Waals surface area contributed by atoms with Crippen LogP contribution in [-0.4, -0.2) is 25.0 Å². The second-order valence-corrected chi connectivity index (χ2v) is 5.75. The Kier molecular flexibility index (Phi) is 4.75. The molecule has 4 heteroatoms. The van der Waals surface area contributed by atoms with Gasteiger partial charge in [0.05, 0.1) is 13.1 Å². The molecule has 1 unspecified atom stereocenters. The number of nitrogens with one attached hydrogen (secondary N) is 2. The van der Waals surface area contributed by atoms with Crippen molar-refractivity contribution in [2.75, 3.05) is 13.6 Å². The summed E-state index contributed by atoms with van der Waals surface area (Å²) in [7, 11) is 2.00. The Morgan fingerprint density at radius 2 is 2.00 bits per heavy atom. The molecule has 1 amide bonds. The van der Waals surface area contributed by atoms with Crippen LogP contribution in [0.4, 0.5) is 0 Å². The Labute approximate surface area is 120 Å². The van der Waals surface area contributed by atoms with Crippen LogP contribution in [0.2, 0.25) is 0 Å². The number of benzene rings is 1. The molecular formula is C16H22N3O+. The van der Waals surface area contributed by atoms with Crippen LogP contribution in [0, 0.1) is 11.3 Å².